The summed E-state index contributed by atoms with van der Waals surface area (Å²) in [6.07, 6.45) is 1.94. The second-order valence-corrected chi connectivity index (χ2v) is 4.10. The van der Waals surface area contributed by atoms with Crippen molar-refractivity contribution in [1.29, 1.82) is 0 Å². The van der Waals surface area contributed by atoms with Gasteiger partial charge in [0.25, 0.3) is 0 Å². The van der Waals surface area contributed by atoms with E-state index in [2.05, 4.69) is 0 Å². The lowest BCUT2D eigenvalue weighted by Crippen LogP contribution is -2.45. The first-order valence-corrected chi connectivity index (χ1v) is 4.78. The fourth-order valence-electron chi connectivity index (χ4n) is 0.796. The predicted molar refractivity (Wildman–Crippen MR) is 47.8 cm³/mol. The molecule has 0 aliphatic heterocycles. The topological polar surface area (TPSA) is 63.3 Å². The van der Waals surface area contributed by atoms with Gasteiger partial charge in [-0.1, -0.05) is 13.8 Å². The Morgan fingerprint density at radius 2 is 2.18 bits per heavy atom. The molecule has 0 aliphatic carbocycles. The molecule has 3 N–H and O–H groups in total. The third-order valence-electron chi connectivity index (χ3n) is 1.62. The minimum atomic E-state index is -0.927. The Kier molecular flexibility index (Phi) is 3.89. The zero-order valence-electron chi connectivity index (χ0n) is 7.13. The standard InChI is InChI=1S/C7H15NO2S/c1-7(2,4-11-3)5(8)6(9)10/h5H,4,8H2,1-3H3,(H,9,10)/t5-/m1/s1. The highest BCUT2D eigenvalue weighted by molar-refractivity contribution is 7.98. The molecule has 4 heteroatoms. The van der Waals surface area contributed by atoms with Crippen molar-refractivity contribution >= 4 is 17.7 Å². The molecular weight excluding hydrogens is 162 g/mol. The van der Waals surface area contributed by atoms with Gasteiger partial charge in [-0.05, 0) is 11.7 Å². The number of rotatable bonds is 4. The van der Waals surface area contributed by atoms with Crippen LogP contribution in [0.5, 0.6) is 0 Å². The third-order valence-corrected chi connectivity index (χ3v) is 2.66. The van der Waals surface area contributed by atoms with E-state index in [1.807, 2.05) is 20.1 Å². The van der Waals surface area contributed by atoms with Crippen LogP contribution in [0.1, 0.15) is 13.8 Å². The molecule has 3 nitrogen and oxygen atoms in total. The van der Waals surface area contributed by atoms with Crippen molar-refractivity contribution < 1.29 is 9.90 Å². The molecular formula is C7H15NO2S. The van der Waals surface area contributed by atoms with Gasteiger partial charge in [0.1, 0.15) is 6.04 Å². The molecule has 0 saturated carbocycles. The number of nitrogens with two attached hydrogens (primary N) is 1. The molecule has 0 aromatic carbocycles. The largest absolute Gasteiger partial charge is 0.480 e. The minimum absolute atomic E-state index is 0.328. The summed E-state index contributed by atoms with van der Waals surface area (Å²) < 4.78 is 0. The summed E-state index contributed by atoms with van der Waals surface area (Å²) in [4.78, 5) is 10.5. The summed E-state index contributed by atoms with van der Waals surface area (Å²) in [5, 5.41) is 8.61. The van der Waals surface area contributed by atoms with Gasteiger partial charge in [0.05, 0.1) is 0 Å². The van der Waals surface area contributed by atoms with Crippen LogP contribution >= 0.6 is 11.8 Å². The van der Waals surface area contributed by atoms with Crippen molar-refractivity contribution in [1.82, 2.24) is 0 Å². The second-order valence-electron chi connectivity index (χ2n) is 3.24. The van der Waals surface area contributed by atoms with Crippen LogP contribution in [0.15, 0.2) is 0 Å². The van der Waals surface area contributed by atoms with Gasteiger partial charge in [-0.15, -0.1) is 0 Å². The summed E-state index contributed by atoms with van der Waals surface area (Å²) in [6, 6.07) is -0.769. The van der Waals surface area contributed by atoms with Crippen LogP contribution in [-0.2, 0) is 4.79 Å². The Balaban J connectivity index is 4.16. The fourth-order valence-corrected chi connectivity index (χ4v) is 1.72. The van der Waals surface area contributed by atoms with Crippen molar-refractivity contribution in [2.45, 2.75) is 19.9 Å². The zero-order chi connectivity index (χ0) is 9.07. The van der Waals surface area contributed by atoms with Gasteiger partial charge in [0.2, 0.25) is 0 Å². The SMILES string of the molecule is CSCC(C)(C)[C@H](N)C(=O)O. The number of hydrogen-bond acceptors (Lipinski definition) is 3. The van der Waals surface area contributed by atoms with Crippen LogP contribution in [-0.4, -0.2) is 29.1 Å². The molecule has 0 aliphatic rings. The highest BCUT2D eigenvalue weighted by atomic mass is 32.2. The fraction of sp³-hybridized carbons (Fsp3) is 0.857. The summed E-state index contributed by atoms with van der Waals surface area (Å²) in [5.74, 6) is -0.162. The maximum absolute atomic E-state index is 10.5. The van der Waals surface area contributed by atoms with Gasteiger partial charge in [0.15, 0.2) is 0 Å². The Hall–Kier alpha value is -0.220. The van der Waals surface area contributed by atoms with E-state index in [1.165, 1.54) is 0 Å². The molecule has 0 heterocycles. The van der Waals surface area contributed by atoms with Crippen molar-refractivity contribution in [3.8, 4) is 0 Å². The molecule has 0 spiro atoms. The normalized spacial score (nSPS) is 14.5. The van der Waals surface area contributed by atoms with E-state index in [9.17, 15) is 4.79 Å². The van der Waals surface area contributed by atoms with E-state index >= 15 is 0 Å². The molecule has 11 heavy (non-hydrogen) atoms. The first-order chi connectivity index (χ1) is 4.91. The first-order valence-electron chi connectivity index (χ1n) is 3.39. The van der Waals surface area contributed by atoms with Gasteiger partial charge in [-0.3, -0.25) is 4.79 Å². The lowest BCUT2D eigenvalue weighted by molar-refractivity contribution is -0.140. The molecule has 0 radical (unpaired) electrons. The van der Waals surface area contributed by atoms with Crippen LogP contribution in [0, 0.1) is 5.41 Å². The molecule has 0 unspecified atom stereocenters. The molecule has 0 amide bonds. The zero-order valence-corrected chi connectivity index (χ0v) is 7.94. The maximum Gasteiger partial charge on any atom is 0.321 e. The Morgan fingerprint density at radius 3 is 2.45 bits per heavy atom. The summed E-state index contributed by atoms with van der Waals surface area (Å²) in [5.41, 5.74) is 5.14. The molecule has 0 saturated heterocycles. The molecule has 1 atom stereocenters. The average Bonchev–Trinajstić information content (AvgIpc) is 1.86. The summed E-state index contributed by atoms with van der Waals surface area (Å²) >= 11 is 1.61. The molecule has 0 aromatic rings. The van der Waals surface area contributed by atoms with E-state index in [-0.39, 0.29) is 5.41 Å². The summed E-state index contributed by atoms with van der Waals surface area (Å²) in [6.45, 7) is 3.73. The van der Waals surface area contributed by atoms with Gasteiger partial charge in [-0.25, -0.2) is 0 Å². The van der Waals surface area contributed by atoms with E-state index in [0.29, 0.717) is 0 Å². The van der Waals surface area contributed by atoms with Crippen LogP contribution in [0.25, 0.3) is 0 Å². The monoisotopic (exact) mass is 177 g/mol. The highest BCUT2D eigenvalue weighted by Crippen LogP contribution is 2.23. The smallest absolute Gasteiger partial charge is 0.321 e. The van der Waals surface area contributed by atoms with Crippen LogP contribution in [0.4, 0.5) is 0 Å². The molecule has 0 fully saturated rings. The number of thioether (sulfide) groups is 1. The average molecular weight is 177 g/mol. The van der Waals surface area contributed by atoms with Gasteiger partial charge in [0, 0.05) is 5.75 Å². The lowest BCUT2D eigenvalue weighted by atomic mass is 9.87. The molecule has 66 valence electrons. The molecule has 0 aromatic heterocycles. The minimum Gasteiger partial charge on any atom is -0.480 e. The quantitative estimate of drug-likeness (QED) is 0.666. The van der Waals surface area contributed by atoms with E-state index in [1.54, 1.807) is 11.8 Å². The number of carbonyl (C=O) groups is 1. The molecule has 0 rings (SSSR count). The van der Waals surface area contributed by atoms with Crippen molar-refractivity contribution in [3.05, 3.63) is 0 Å². The van der Waals surface area contributed by atoms with E-state index in [0.717, 1.165) is 5.75 Å². The van der Waals surface area contributed by atoms with Crippen molar-refractivity contribution in [2.24, 2.45) is 11.1 Å². The van der Waals surface area contributed by atoms with Gasteiger partial charge >= 0.3 is 5.97 Å². The van der Waals surface area contributed by atoms with Gasteiger partial charge < -0.3 is 10.8 Å². The molecule has 0 bridgehead atoms. The lowest BCUT2D eigenvalue weighted by Gasteiger charge is -2.27. The van der Waals surface area contributed by atoms with Crippen molar-refractivity contribution in [2.75, 3.05) is 12.0 Å². The number of hydrogen-bond donors (Lipinski definition) is 2. The van der Waals surface area contributed by atoms with Crippen molar-refractivity contribution in [3.63, 3.8) is 0 Å². The first kappa shape index (κ1) is 10.8. The summed E-state index contributed by atoms with van der Waals surface area (Å²) in [7, 11) is 0. The Bertz CT molecular complexity index is 147. The number of aliphatic carboxylic acids is 1. The number of carboxylic acids is 1. The van der Waals surface area contributed by atoms with E-state index < -0.39 is 12.0 Å². The second kappa shape index (κ2) is 3.97. The predicted octanol–water partition coefficient (Wildman–Crippen LogP) is 0.788. The van der Waals surface area contributed by atoms with E-state index in [4.69, 9.17) is 10.8 Å². The van der Waals surface area contributed by atoms with Crippen LogP contribution < -0.4 is 5.73 Å². The highest BCUT2D eigenvalue weighted by Gasteiger charge is 2.31. The van der Waals surface area contributed by atoms with Crippen LogP contribution in [0.3, 0.4) is 0 Å². The third kappa shape index (κ3) is 3.12. The van der Waals surface area contributed by atoms with Gasteiger partial charge in [-0.2, -0.15) is 11.8 Å². The maximum atomic E-state index is 10.5. The Labute approximate surface area is 71.3 Å². The Morgan fingerprint density at radius 1 is 1.73 bits per heavy atom. The number of carboxylic acid groups (broad SMARTS) is 1. The van der Waals surface area contributed by atoms with Crippen LogP contribution in [0.2, 0.25) is 0 Å².